The Kier molecular flexibility index (Phi) is 2.93. The Balaban J connectivity index is 1.97. The fourth-order valence-corrected chi connectivity index (χ4v) is 2.43. The number of benzene rings is 2. The average Bonchev–Trinajstić information content (AvgIpc) is 2.77. The minimum absolute atomic E-state index is 0.0334. The maximum absolute atomic E-state index is 13.8. The molecule has 0 saturated heterocycles. The van der Waals surface area contributed by atoms with Gasteiger partial charge in [-0.05, 0) is 48.9 Å². The van der Waals surface area contributed by atoms with E-state index < -0.39 is 5.82 Å². The highest BCUT2D eigenvalue weighted by molar-refractivity contribution is 6.09. The molecule has 3 rings (SSSR count). The van der Waals surface area contributed by atoms with E-state index in [1.54, 1.807) is 18.2 Å². The van der Waals surface area contributed by atoms with Crippen molar-refractivity contribution in [1.82, 2.24) is 0 Å². The van der Waals surface area contributed by atoms with Gasteiger partial charge in [-0.15, -0.1) is 0 Å². The first kappa shape index (κ1) is 12.7. The van der Waals surface area contributed by atoms with Gasteiger partial charge in [0.15, 0.2) is 5.78 Å². The number of hydrogen-bond acceptors (Lipinski definition) is 3. The summed E-state index contributed by atoms with van der Waals surface area (Å²) < 4.78 is 19.4. The molecule has 1 aliphatic heterocycles. The lowest BCUT2D eigenvalue weighted by molar-refractivity contribution is 0.103. The molecule has 0 saturated carbocycles. The van der Waals surface area contributed by atoms with Crippen LogP contribution in [0.3, 0.4) is 0 Å². The Bertz CT molecular complexity index is 697. The second-order valence-corrected chi connectivity index (χ2v) is 5.02. The van der Waals surface area contributed by atoms with E-state index in [2.05, 4.69) is 0 Å². The van der Waals surface area contributed by atoms with Gasteiger partial charge in [0.25, 0.3) is 0 Å². The van der Waals surface area contributed by atoms with Gasteiger partial charge in [-0.25, -0.2) is 4.39 Å². The van der Waals surface area contributed by atoms with Gasteiger partial charge in [0.1, 0.15) is 17.7 Å². The van der Waals surface area contributed by atoms with E-state index in [1.165, 1.54) is 12.1 Å². The molecule has 2 N–H and O–H groups in total. The molecule has 0 spiro atoms. The molecule has 3 nitrogen and oxygen atoms in total. The molecular formula is C16H14FNO2. The summed E-state index contributed by atoms with van der Waals surface area (Å²) >= 11 is 0. The lowest BCUT2D eigenvalue weighted by Crippen LogP contribution is -2.05. The highest BCUT2D eigenvalue weighted by atomic mass is 19.1. The Labute approximate surface area is 116 Å². The first-order valence-electron chi connectivity index (χ1n) is 6.44. The molecule has 0 amide bonds. The van der Waals surface area contributed by atoms with Crippen molar-refractivity contribution in [2.45, 2.75) is 19.4 Å². The third-order valence-electron chi connectivity index (χ3n) is 3.40. The molecule has 0 fully saturated rings. The third kappa shape index (κ3) is 2.13. The summed E-state index contributed by atoms with van der Waals surface area (Å²) in [6.07, 6.45) is 0.879. The zero-order valence-corrected chi connectivity index (χ0v) is 11.0. The van der Waals surface area contributed by atoms with Crippen LogP contribution in [0.15, 0.2) is 36.4 Å². The van der Waals surface area contributed by atoms with Crippen molar-refractivity contribution >= 4 is 11.5 Å². The fraction of sp³-hybridized carbons (Fsp3) is 0.188. The van der Waals surface area contributed by atoms with Crippen molar-refractivity contribution in [3.63, 3.8) is 0 Å². The quantitative estimate of drug-likeness (QED) is 0.675. The van der Waals surface area contributed by atoms with E-state index in [1.807, 2.05) is 6.92 Å². The van der Waals surface area contributed by atoms with Crippen LogP contribution >= 0.6 is 0 Å². The van der Waals surface area contributed by atoms with Crippen molar-refractivity contribution in [3.8, 4) is 5.75 Å². The zero-order chi connectivity index (χ0) is 14.3. The molecular weight excluding hydrogens is 257 g/mol. The number of carbonyl (C=O) groups excluding carboxylic acids is 1. The molecule has 102 valence electrons. The molecule has 20 heavy (non-hydrogen) atoms. The van der Waals surface area contributed by atoms with Crippen LogP contribution in [-0.2, 0) is 6.42 Å². The van der Waals surface area contributed by atoms with Gasteiger partial charge < -0.3 is 10.5 Å². The average molecular weight is 271 g/mol. The number of anilines is 1. The second kappa shape index (κ2) is 4.63. The summed E-state index contributed by atoms with van der Waals surface area (Å²) in [5.74, 6) is -0.142. The van der Waals surface area contributed by atoms with E-state index in [0.717, 1.165) is 23.8 Å². The van der Waals surface area contributed by atoms with E-state index in [4.69, 9.17) is 10.5 Å². The summed E-state index contributed by atoms with van der Waals surface area (Å²) in [6.45, 7) is 1.97. The van der Waals surface area contributed by atoms with Gasteiger partial charge in [-0.3, -0.25) is 4.79 Å². The Morgan fingerprint density at radius 1 is 1.30 bits per heavy atom. The van der Waals surface area contributed by atoms with Crippen LogP contribution in [0.2, 0.25) is 0 Å². The van der Waals surface area contributed by atoms with Crippen molar-refractivity contribution in [2.75, 3.05) is 5.73 Å². The molecule has 0 aliphatic carbocycles. The SMILES string of the molecule is CC1Cc2cc(C(=O)c3ccc(N)cc3F)ccc2O1. The molecule has 1 atom stereocenters. The molecule has 0 bridgehead atoms. The van der Waals surface area contributed by atoms with Gasteiger partial charge in [0.05, 0.1) is 5.56 Å². The number of fused-ring (bicyclic) bond motifs is 1. The normalized spacial score (nSPS) is 16.6. The Morgan fingerprint density at radius 2 is 2.10 bits per heavy atom. The molecule has 1 heterocycles. The van der Waals surface area contributed by atoms with Gasteiger partial charge in [-0.1, -0.05) is 0 Å². The summed E-state index contributed by atoms with van der Waals surface area (Å²) in [5, 5.41) is 0. The van der Waals surface area contributed by atoms with Crippen LogP contribution in [0.25, 0.3) is 0 Å². The zero-order valence-electron chi connectivity index (χ0n) is 11.0. The lowest BCUT2D eigenvalue weighted by Gasteiger charge is -2.05. The van der Waals surface area contributed by atoms with Gasteiger partial charge in [0, 0.05) is 17.7 Å². The predicted octanol–water partition coefficient (Wildman–Crippen LogP) is 2.96. The van der Waals surface area contributed by atoms with Crippen LogP contribution in [0.4, 0.5) is 10.1 Å². The van der Waals surface area contributed by atoms with Crippen molar-refractivity contribution in [2.24, 2.45) is 0 Å². The van der Waals surface area contributed by atoms with Gasteiger partial charge in [0.2, 0.25) is 0 Å². The largest absolute Gasteiger partial charge is 0.490 e. The third-order valence-corrected chi connectivity index (χ3v) is 3.40. The highest BCUT2D eigenvalue weighted by Crippen LogP contribution is 2.30. The summed E-state index contributed by atoms with van der Waals surface area (Å²) in [6, 6.07) is 9.30. The topological polar surface area (TPSA) is 52.3 Å². The molecule has 0 radical (unpaired) electrons. The number of rotatable bonds is 2. The number of halogens is 1. The first-order valence-corrected chi connectivity index (χ1v) is 6.44. The minimum atomic E-state index is -0.597. The molecule has 1 unspecified atom stereocenters. The second-order valence-electron chi connectivity index (χ2n) is 5.02. The lowest BCUT2D eigenvalue weighted by atomic mass is 9.99. The Morgan fingerprint density at radius 3 is 2.85 bits per heavy atom. The van der Waals surface area contributed by atoms with E-state index in [-0.39, 0.29) is 17.5 Å². The van der Waals surface area contributed by atoms with E-state index >= 15 is 0 Å². The number of hydrogen-bond donors (Lipinski definition) is 1. The molecule has 2 aromatic rings. The number of ketones is 1. The van der Waals surface area contributed by atoms with Crippen LogP contribution in [0.5, 0.6) is 5.75 Å². The van der Waals surface area contributed by atoms with Gasteiger partial charge in [-0.2, -0.15) is 0 Å². The van der Waals surface area contributed by atoms with Crippen LogP contribution in [0, 0.1) is 5.82 Å². The smallest absolute Gasteiger partial charge is 0.195 e. The number of ether oxygens (including phenoxy) is 1. The minimum Gasteiger partial charge on any atom is -0.490 e. The monoisotopic (exact) mass is 271 g/mol. The molecule has 4 heteroatoms. The van der Waals surface area contributed by atoms with E-state index in [0.29, 0.717) is 11.3 Å². The summed E-state index contributed by atoms with van der Waals surface area (Å²) in [7, 11) is 0. The van der Waals surface area contributed by atoms with Crippen molar-refractivity contribution in [3.05, 3.63) is 58.9 Å². The highest BCUT2D eigenvalue weighted by Gasteiger charge is 2.21. The van der Waals surface area contributed by atoms with E-state index in [9.17, 15) is 9.18 Å². The van der Waals surface area contributed by atoms with Crippen molar-refractivity contribution in [1.29, 1.82) is 0 Å². The fourth-order valence-electron chi connectivity index (χ4n) is 2.43. The van der Waals surface area contributed by atoms with Crippen LogP contribution in [0.1, 0.15) is 28.4 Å². The number of nitrogen functional groups attached to an aromatic ring is 1. The Hall–Kier alpha value is -2.36. The first-order chi connectivity index (χ1) is 9.54. The molecule has 2 aromatic carbocycles. The maximum Gasteiger partial charge on any atom is 0.195 e. The number of nitrogens with two attached hydrogens (primary N) is 1. The predicted molar refractivity (Wildman–Crippen MR) is 74.5 cm³/mol. The maximum atomic E-state index is 13.8. The standard InChI is InChI=1S/C16H14FNO2/c1-9-6-11-7-10(2-5-15(11)20-9)16(19)13-4-3-12(18)8-14(13)17/h2-5,7-9H,6,18H2,1H3. The summed E-state index contributed by atoms with van der Waals surface area (Å²) in [4.78, 5) is 12.3. The molecule has 1 aliphatic rings. The van der Waals surface area contributed by atoms with Crippen molar-refractivity contribution < 1.29 is 13.9 Å². The number of carbonyl (C=O) groups is 1. The summed E-state index contributed by atoms with van der Waals surface area (Å²) in [5.41, 5.74) is 7.27. The van der Waals surface area contributed by atoms with Crippen LogP contribution in [-0.4, -0.2) is 11.9 Å². The van der Waals surface area contributed by atoms with Gasteiger partial charge >= 0.3 is 0 Å². The van der Waals surface area contributed by atoms with Crippen LogP contribution < -0.4 is 10.5 Å². The molecule has 0 aromatic heterocycles.